The van der Waals surface area contributed by atoms with Gasteiger partial charge in [0.15, 0.2) is 11.5 Å². The van der Waals surface area contributed by atoms with Crippen molar-refractivity contribution in [1.29, 1.82) is 0 Å². The van der Waals surface area contributed by atoms with Crippen molar-refractivity contribution >= 4 is 17.6 Å². The fourth-order valence-electron chi connectivity index (χ4n) is 3.73. The maximum absolute atomic E-state index is 13.0. The highest BCUT2D eigenvalue weighted by Crippen LogP contribution is 2.46. The van der Waals surface area contributed by atoms with E-state index in [1.807, 2.05) is 30.3 Å². The van der Waals surface area contributed by atoms with Crippen LogP contribution in [0.4, 0.5) is 5.69 Å². The average Bonchev–Trinajstić information content (AvgIpc) is 3.09. The van der Waals surface area contributed by atoms with Crippen molar-refractivity contribution in [3.63, 3.8) is 0 Å². The number of hydrogen-bond donors (Lipinski definition) is 1. The van der Waals surface area contributed by atoms with Crippen LogP contribution in [-0.4, -0.2) is 37.8 Å². The maximum Gasteiger partial charge on any atom is 0.336 e. The van der Waals surface area contributed by atoms with Crippen molar-refractivity contribution in [2.45, 2.75) is 12.3 Å². The van der Waals surface area contributed by atoms with Gasteiger partial charge in [-0.3, -0.25) is 9.69 Å². The number of para-hydroxylation sites is 1. The molecular weight excluding hydrogens is 362 g/mol. The van der Waals surface area contributed by atoms with Crippen LogP contribution in [0, 0.1) is 0 Å². The van der Waals surface area contributed by atoms with Crippen molar-refractivity contribution in [2.75, 3.05) is 25.7 Å². The molecule has 1 N–H and O–H groups in total. The van der Waals surface area contributed by atoms with E-state index in [9.17, 15) is 14.7 Å². The Kier molecular flexibility index (Phi) is 4.43. The Morgan fingerprint density at radius 3 is 2.32 bits per heavy atom. The molecule has 0 aromatic heterocycles. The number of phenolic OH excluding ortho intramolecular Hbond substituents is 1. The van der Waals surface area contributed by atoms with E-state index in [0.29, 0.717) is 22.5 Å². The minimum absolute atomic E-state index is 0.0393. The third-order valence-electron chi connectivity index (χ3n) is 5.04. The molecule has 2 aromatic carbocycles. The number of hydrogen-bond acceptors (Lipinski definition) is 6. The van der Waals surface area contributed by atoms with Crippen molar-refractivity contribution in [3.05, 3.63) is 59.3 Å². The minimum Gasteiger partial charge on any atom is -0.502 e. The Morgan fingerprint density at radius 2 is 1.71 bits per heavy atom. The van der Waals surface area contributed by atoms with Gasteiger partial charge in [0.1, 0.15) is 6.61 Å². The van der Waals surface area contributed by atoms with E-state index >= 15 is 0 Å². The zero-order chi connectivity index (χ0) is 19.8. The molecule has 144 valence electrons. The average molecular weight is 381 g/mol. The molecule has 0 bridgehead atoms. The summed E-state index contributed by atoms with van der Waals surface area (Å²) in [7, 11) is 2.85. The number of esters is 1. The first-order valence-corrected chi connectivity index (χ1v) is 8.78. The molecule has 2 heterocycles. The number of phenols is 1. The van der Waals surface area contributed by atoms with Crippen LogP contribution in [0.2, 0.25) is 0 Å². The normalized spacial score (nSPS) is 18.8. The summed E-state index contributed by atoms with van der Waals surface area (Å²) in [5.74, 6) is -0.814. The molecule has 0 unspecified atom stereocenters. The van der Waals surface area contributed by atoms with Gasteiger partial charge in [-0.25, -0.2) is 4.79 Å². The second-order valence-corrected chi connectivity index (χ2v) is 6.53. The molecular formula is C21H19NO6. The van der Waals surface area contributed by atoms with Crippen molar-refractivity contribution in [2.24, 2.45) is 0 Å². The van der Waals surface area contributed by atoms with Gasteiger partial charge in [-0.05, 0) is 29.8 Å². The summed E-state index contributed by atoms with van der Waals surface area (Å²) in [6.45, 7) is 0.0393. The van der Waals surface area contributed by atoms with Crippen LogP contribution < -0.4 is 14.4 Å². The molecule has 2 aromatic rings. The second kappa shape index (κ2) is 6.92. The van der Waals surface area contributed by atoms with Gasteiger partial charge in [0.05, 0.1) is 25.5 Å². The Hall–Kier alpha value is -3.48. The third-order valence-corrected chi connectivity index (χ3v) is 5.04. The topological polar surface area (TPSA) is 85.3 Å². The fraction of sp³-hybridized carbons (Fsp3) is 0.238. The maximum atomic E-state index is 13.0. The Morgan fingerprint density at radius 1 is 1.07 bits per heavy atom. The molecule has 7 heteroatoms. The summed E-state index contributed by atoms with van der Waals surface area (Å²) in [4.78, 5) is 27.1. The van der Waals surface area contributed by atoms with E-state index in [4.69, 9.17) is 14.2 Å². The van der Waals surface area contributed by atoms with Crippen LogP contribution in [-0.2, 0) is 14.3 Å². The quantitative estimate of drug-likeness (QED) is 0.820. The molecule has 28 heavy (non-hydrogen) atoms. The molecule has 0 aliphatic carbocycles. The van der Waals surface area contributed by atoms with Crippen LogP contribution >= 0.6 is 0 Å². The van der Waals surface area contributed by atoms with E-state index in [1.165, 1.54) is 14.2 Å². The summed E-state index contributed by atoms with van der Waals surface area (Å²) in [6, 6.07) is 12.4. The summed E-state index contributed by atoms with van der Waals surface area (Å²) in [6.07, 6.45) is 0.0832. The fourth-order valence-corrected chi connectivity index (χ4v) is 3.73. The number of rotatable bonds is 4. The lowest BCUT2D eigenvalue weighted by Gasteiger charge is -2.32. The first-order valence-electron chi connectivity index (χ1n) is 8.78. The Balaban J connectivity index is 1.85. The number of nitrogens with zero attached hydrogens (tertiary/aromatic N) is 1. The molecule has 2 aliphatic heterocycles. The molecule has 1 atom stereocenters. The van der Waals surface area contributed by atoms with Gasteiger partial charge in [-0.15, -0.1) is 0 Å². The monoisotopic (exact) mass is 381 g/mol. The molecule has 1 amide bonds. The van der Waals surface area contributed by atoms with Crippen LogP contribution in [0.5, 0.6) is 17.2 Å². The van der Waals surface area contributed by atoms with Crippen LogP contribution in [0.25, 0.3) is 0 Å². The van der Waals surface area contributed by atoms with Gasteiger partial charge in [-0.2, -0.15) is 0 Å². The van der Waals surface area contributed by atoms with Gasteiger partial charge in [0.2, 0.25) is 11.7 Å². The number of ether oxygens (including phenoxy) is 3. The first kappa shape index (κ1) is 17.9. The predicted octanol–water partition coefficient (Wildman–Crippen LogP) is 2.74. The molecule has 0 saturated heterocycles. The van der Waals surface area contributed by atoms with Crippen molar-refractivity contribution < 1.29 is 28.9 Å². The lowest BCUT2D eigenvalue weighted by molar-refractivity contribution is -0.136. The van der Waals surface area contributed by atoms with Crippen molar-refractivity contribution in [1.82, 2.24) is 0 Å². The summed E-state index contributed by atoms with van der Waals surface area (Å²) in [5, 5.41) is 10.2. The third kappa shape index (κ3) is 2.76. The lowest BCUT2D eigenvalue weighted by Crippen LogP contribution is -2.37. The van der Waals surface area contributed by atoms with E-state index < -0.39 is 11.9 Å². The van der Waals surface area contributed by atoms with Crippen LogP contribution in [0.3, 0.4) is 0 Å². The van der Waals surface area contributed by atoms with Gasteiger partial charge in [0.25, 0.3) is 0 Å². The zero-order valence-electron chi connectivity index (χ0n) is 15.5. The van der Waals surface area contributed by atoms with Crippen LogP contribution in [0.1, 0.15) is 17.9 Å². The summed E-state index contributed by atoms with van der Waals surface area (Å²) >= 11 is 0. The second-order valence-electron chi connectivity index (χ2n) is 6.53. The molecule has 7 nitrogen and oxygen atoms in total. The van der Waals surface area contributed by atoms with E-state index in [2.05, 4.69) is 0 Å². The first-order chi connectivity index (χ1) is 13.5. The predicted molar refractivity (Wildman–Crippen MR) is 100 cm³/mol. The summed E-state index contributed by atoms with van der Waals surface area (Å²) in [5.41, 5.74) is 2.32. The van der Waals surface area contributed by atoms with E-state index in [-0.39, 0.29) is 36.2 Å². The standard InChI is InChI=1S/C21H19NO6/c1-26-16-8-12(9-17(27-2)20(16)24)14-10-18(23)22(13-6-4-3-5-7-13)15-11-28-21(25)19(14)15/h3-9,14,24H,10-11H2,1-2H3/t14-/m1/s1. The number of cyclic esters (lactones) is 1. The van der Waals surface area contributed by atoms with Gasteiger partial charge >= 0.3 is 5.97 Å². The Labute approximate surface area is 161 Å². The highest BCUT2D eigenvalue weighted by Gasteiger charge is 2.43. The highest BCUT2D eigenvalue weighted by molar-refractivity contribution is 6.06. The number of benzene rings is 2. The molecule has 4 rings (SSSR count). The number of amides is 1. The minimum atomic E-state index is -0.513. The molecule has 0 saturated carbocycles. The number of carbonyl (C=O) groups excluding carboxylic acids is 2. The van der Waals surface area contributed by atoms with Crippen LogP contribution in [0.15, 0.2) is 53.7 Å². The van der Waals surface area contributed by atoms with Gasteiger partial charge in [-0.1, -0.05) is 18.2 Å². The summed E-state index contributed by atoms with van der Waals surface area (Å²) < 4.78 is 15.7. The number of aromatic hydroxyl groups is 1. The van der Waals surface area contributed by atoms with Crippen molar-refractivity contribution in [3.8, 4) is 17.2 Å². The molecule has 0 radical (unpaired) electrons. The Bertz CT molecular complexity index is 957. The van der Waals surface area contributed by atoms with Gasteiger partial charge < -0.3 is 19.3 Å². The van der Waals surface area contributed by atoms with Gasteiger partial charge in [0, 0.05) is 18.0 Å². The number of methoxy groups -OCH3 is 2. The number of anilines is 1. The largest absolute Gasteiger partial charge is 0.502 e. The molecule has 0 fully saturated rings. The molecule has 0 spiro atoms. The smallest absolute Gasteiger partial charge is 0.336 e. The van der Waals surface area contributed by atoms with E-state index in [1.54, 1.807) is 17.0 Å². The number of carbonyl (C=O) groups is 2. The SMILES string of the molecule is COc1cc([C@H]2CC(=O)N(c3ccccc3)C3=C2C(=O)OC3)cc(OC)c1O. The zero-order valence-corrected chi connectivity index (χ0v) is 15.5. The van der Waals surface area contributed by atoms with E-state index in [0.717, 1.165) is 0 Å². The molecule has 2 aliphatic rings. The highest BCUT2D eigenvalue weighted by atomic mass is 16.5. The lowest BCUT2D eigenvalue weighted by atomic mass is 9.83.